The van der Waals surface area contributed by atoms with Crippen molar-refractivity contribution in [3.63, 3.8) is 0 Å². The van der Waals surface area contributed by atoms with E-state index in [4.69, 9.17) is 4.74 Å². The molecule has 0 saturated carbocycles. The van der Waals surface area contributed by atoms with E-state index in [1.807, 2.05) is 0 Å². The fourth-order valence-corrected chi connectivity index (χ4v) is 3.20. The molecule has 3 nitrogen and oxygen atoms in total. The minimum Gasteiger partial charge on any atom is -0.374 e. The predicted octanol–water partition coefficient (Wildman–Crippen LogP) is 2.51. The van der Waals surface area contributed by atoms with Gasteiger partial charge in [0.25, 0.3) is 0 Å². The molecule has 102 valence electrons. The fourth-order valence-electron chi connectivity index (χ4n) is 2.50. The molecular weight excluding hydrogens is 244 g/mol. The lowest BCUT2D eigenvalue weighted by Crippen LogP contribution is -2.50. The average molecular weight is 268 g/mol. The quantitative estimate of drug-likeness (QED) is 0.888. The molecule has 2 atom stereocenters. The number of hydrogen-bond acceptors (Lipinski definition) is 4. The number of nitrogens with one attached hydrogen (secondary N) is 1. The molecule has 0 bridgehead atoms. The Hall–Kier alpha value is -0.420. The van der Waals surface area contributed by atoms with Crippen molar-refractivity contribution in [3.8, 4) is 0 Å². The van der Waals surface area contributed by atoms with E-state index in [1.165, 1.54) is 5.56 Å². The lowest BCUT2D eigenvalue weighted by Gasteiger charge is -2.39. The summed E-state index contributed by atoms with van der Waals surface area (Å²) in [5.41, 5.74) is 1.36. The van der Waals surface area contributed by atoms with Gasteiger partial charge in [-0.3, -0.25) is 4.90 Å². The van der Waals surface area contributed by atoms with E-state index >= 15 is 0 Å². The summed E-state index contributed by atoms with van der Waals surface area (Å²) < 4.78 is 6.00. The highest BCUT2D eigenvalue weighted by Gasteiger charge is 2.29. The lowest BCUT2D eigenvalue weighted by molar-refractivity contribution is -0.0558. The molecule has 0 spiro atoms. The molecule has 1 saturated heterocycles. The van der Waals surface area contributed by atoms with Gasteiger partial charge in [0.1, 0.15) is 0 Å². The molecule has 0 aliphatic carbocycles. The van der Waals surface area contributed by atoms with Crippen LogP contribution in [0.15, 0.2) is 16.8 Å². The van der Waals surface area contributed by atoms with Crippen molar-refractivity contribution >= 4 is 11.3 Å². The van der Waals surface area contributed by atoms with E-state index in [-0.39, 0.29) is 6.10 Å². The van der Waals surface area contributed by atoms with E-state index in [2.05, 4.69) is 47.8 Å². The summed E-state index contributed by atoms with van der Waals surface area (Å²) in [7, 11) is 0. The van der Waals surface area contributed by atoms with Crippen LogP contribution in [0.25, 0.3) is 0 Å². The molecule has 0 amide bonds. The minimum atomic E-state index is 0.260. The minimum absolute atomic E-state index is 0.260. The van der Waals surface area contributed by atoms with E-state index in [1.54, 1.807) is 11.3 Å². The summed E-state index contributed by atoms with van der Waals surface area (Å²) in [5.74, 6) is 0. The Morgan fingerprint density at radius 3 is 3.00 bits per heavy atom. The van der Waals surface area contributed by atoms with Crippen molar-refractivity contribution in [2.24, 2.45) is 0 Å². The van der Waals surface area contributed by atoms with Gasteiger partial charge in [-0.2, -0.15) is 11.3 Å². The molecule has 2 unspecified atom stereocenters. The van der Waals surface area contributed by atoms with Crippen molar-refractivity contribution in [1.29, 1.82) is 0 Å². The van der Waals surface area contributed by atoms with Gasteiger partial charge in [0, 0.05) is 19.1 Å². The molecule has 1 fully saturated rings. The van der Waals surface area contributed by atoms with Crippen molar-refractivity contribution in [3.05, 3.63) is 22.4 Å². The van der Waals surface area contributed by atoms with Crippen LogP contribution in [0.1, 0.15) is 32.4 Å². The largest absolute Gasteiger partial charge is 0.374 e. The van der Waals surface area contributed by atoms with Crippen LogP contribution in [0, 0.1) is 0 Å². The number of hydrogen-bond donors (Lipinski definition) is 1. The average Bonchev–Trinajstić information content (AvgIpc) is 2.89. The highest BCUT2D eigenvalue weighted by Crippen LogP contribution is 2.25. The number of ether oxygens (including phenoxy) is 1. The summed E-state index contributed by atoms with van der Waals surface area (Å²) in [6, 6.07) is 3.12. The third kappa shape index (κ3) is 3.32. The summed E-state index contributed by atoms with van der Waals surface area (Å²) in [4.78, 5) is 2.50. The van der Waals surface area contributed by atoms with Gasteiger partial charge >= 0.3 is 0 Å². The number of nitrogens with zero attached hydrogens (tertiary/aromatic N) is 1. The molecule has 4 heteroatoms. The van der Waals surface area contributed by atoms with E-state index in [0.29, 0.717) is 12.1 Å². The van der Waals surface area contributed by atoms with E-state index in [0.717, 1.165) is 26.2 Å². The Labute approximate surface area is 114 Å². The zero-order valence-electron chi connectivity index (χ0n) is 11.6. The lowest BCUT2D eigenvalue weighted by atomic mass is 10.0. The van der Waals surface area contributed by atoms with Gasteiger partial charge in [0.15, 0.2) is 0 Å². The van der Waals surface area contributed by atoms with Crippen molar-refractivity contribution in [1.82, 2.24) is 10.2 Å². The second-order valence-electron chi connectivity index (χ2n) is 5.09. The van der Waals surface area contributed by atoms with Crippen LogP contribution >= 0.6 is 11.3 Å². The van der Waals surface area contributed by atoms with Crippen LogP contribution in [0.5, 0.6) is 0 Å². The van der Waals surface area contributed by atoms with Crippen LogP contribution in [-0.2, 0) is 4.74 Å². The molecular formula is C14H24N2OS. The monoisotopic (exact) mass is 268 g/mol. The van der Waals surface area contributed by atoms with Crippen LogP contribution < -0.4 is 5.32 Å². The Morgan fingerprint density at radius 1 is 1.56 bits per heavy atom. The maximum atomic E-state index is 6.00. The molecule has 1 aromatic rings. The van der Waals surface area contributed by atoms with E-state index in [9.17, 15) is 0 Å². The number of morpholine rings is 1. The van der Waals surface area contributed by atoms with E-state index < -0.39 is 0 Å². The molecule has 2 rings (SSSR count). The SMILES string of the molecule is CCNC(c1ccsc1)C1CN(C(C)C)CCO1. The fraction of sp³-hybridized carbons (Fsp3) is 0.714. The normalized spacial score (nSPS) is 23.4. The smallest absolute Gasteiger partial charge is 0.0897 e. The summed E-state index contributed by atoms with van der Waals surface area (Å²) in [6.07, 6.45) is 0.260. The summed E-state index contributed by atoms with van der Waals surface area (Å²) in [5, 5.41) is 7.94. The van der Waals surface area contributed by atoms with Crippen LogP contribution in [0.4, 0.5) is 0 Å². The molecule has 1 aromatic heterocycles. The third-order valence-electron chi connectivity index (χ3n) is 3.55. The molecule has 1 aliphatic heterocycles. The first-order chi connectivity index (χ1) is 8.72. The second-order valence-corrected chi connectivity index (χ2v) is 5.87. The highest BCUT2D eigenvalue weighted by molar-refractivity contribution is 7.07. The zero-order chi connectivity index (χ0) is 13.0. The topological polar surface area (TPSA) is 24.5 Å². The Bertz CT molecular complexity index is 340. The summed E-state index contributed by atoms with van der Waals surface area (Å²) in [6.45, 7) is 10.6. The van der Waals surface area contributed by atoms with Crippen molar-refractivity contribution in [2.45, 2.75) is 39.0 Å². The molecule has 2 heterocycles. The first kappa shape index (κ1) is 14.0. The number of rotatable bonds is 5. The number of thiophene rings is 1. The summed E-state index contributed by atoms with van der Waals surface area (Å²) >= 11 is 1.76. The van der Waals surface area contributed by atoms with Crippen LogP contribution in [0.3, 0.4) is 0 Å². The number of likely N-dealkylation sites (N-methyl/N-ethyl adjacent to an activating group) is 1. The molecule has 0 radical (unpaired) electrons. The standard InChI is InChI=1S/C14H24N2OS/c1-4-15-14(12-5-8-18-10-12)13-9-16(11(2)3)6-7-17-13/h5,8,10-11,13-15H,4,6-7,9H2,1-3H3. The van der Waals surface area contributed by atoms with Gasteiger partial charge < -0.3 is 10.1 Å². The third-order valence-corrected chi connectivity index (χ3v) is 4.25. The first-order valence-corrected chi connectivity index (χ1v) is 7.77. The van der Waals surface area contributed by atoms with Gasteiger partial charge in [-0.25, -0.2) is 0 Å². The van der Waals surface area contributed by atoms with Gasteiger partial charge in [0.05, 0.1) is 18.8 Å². The first-order valence-electron chi connectivity index (χ1n) is 6.83. The molecule has 18 heavy (non-hydrogen) atoms. The highest BCUT2D eigenvalue weighted by atomic mass is 32.1. The Morgan fingerprint density at radius 2 is 2.39 bits per heavy atom. The molecule has 1 aliphatic rings. The Kier molecular flexibility index (Phi) is 5.18. The molecule has 0 aromatic carbocycles. The maximum Gasteiger partial charge on any atom is 0.0897 e. The van der Waals surface area contributed by atoms with Gasteiger partial charge in [0.2, 0.25) is 0 Å². The maximum absolute atomic E-state index is 6.00. The molecule has 1 N–H and O–H groups in total. The van der Waals surface area contributed by atoms with Gasteiger partial charge in [-0.1, -0.05) is 6.92 Å². The second kappa shape index (κ2) is 6.66. The van der Waals surface area contributed by atoms with Crippen molar-refractivity contribution in [2.75, 3.05) is 26.2 Å². The van der Waals surface area contributed by atoms with Gasteiger partial charge in [-0.15, -0.1) is 0 Å². The zero-order valence-corrected chi connectivity index (χ0v) is 12.4. The van der Waals surface area contributed by atoms with Crippen molar-refractivity contribution < 1.29 is 4.74 Å². The van der Waals surface area contributed by atoms with Gasteiger partial charge in [-0.05, 0) is 42.8 Å². The van der Waals surface area contributed by atoms with Crippen LogP contribution in [-0.4, -0.2) is 43.3 Å². The van der Waals surface area contributed by atoms with Crippen LogP contribution in [0.2, 0.25) is 0 Å². The Balaban J connectivity index is 2.06. The predicted molar refractivity (Wildman–Crippen MR) is 77.2 cm³/mol.